The monoisotopic (exact) mass is 466 g/mol. The second-order valence-electron chi connectivity index (χ2n) is 8.30. The minimum atomic E-state index is -1.61. The lowest BCUT2D eigenvalue weighted by Gasteiger charge is -2.26. The first-order valence-electron chi connectivity index (χ1n) is 10.7. The number of hydrogen-bond donors (Lipinski definition) is 7. The normalized spacial score (nSPS) is 15.6. The highest BCUT2D eigenvalue weighted by atomic mass is 16.4. The predicted molar refractivity (Wildman–Crippen MR) is 120 cm³/mol. The molecule has 1 aromatic carbocycles. The standard InChI is InChI=1S/C22H34N4O7/c1-12(2)9-15(23)19(29)24-16(10-14-7-5-4-6-8-14)20(30)26-18(13(3)28)21(31)25-17(11-27)22(32)33/h4-8,12-13,15-18,27-28H,9-11,23H2,1-3H3,(H,24,29)(H,25,31)(H,26,30)(H,32,33). The molecule has 0 aliphatic rings. The lowest BCUT2D eigenvalue weighted by atomic mass is 10.0. The minimum Gasteiger partial charge on any atom is -0.480 e. The van der Waals surface area contributed by atoms with Gasteiger partial charge in [0.2, 0.25) is 17.7 Å². The molecule has 1 rings (SSSR count). The van der Waals surface area contributed by atoms with Gasteiger partial charge in [-0.25, -0.2) is 4.79 Å². The molecule has 0 saturated heterocycles. The summed E-state index contributed by atoms with van der Waals surface area (Å²) >= 11 is 0. The van der Waals surface area contributed by atoms with Gasteiger partial charge in [-0.1, -0.05) is 44.2 Å². The first-order valence-corrected chi connectivity index (χ1v) is 10.7. The largest absolute Gasteiger partial charge is 0.480 e. The Bertz CT molecular complexity index is 801. The second-order valence-corrected chi connectivity index (χ2v) is 8.30. The molecule has 184 valence electrons. The SMILES string of the molecule is CC(C)CC(N)C(=O)NC(Cc1ccccc1)C(=O)NC(C(=O)NC(CO)C(=O)O)C(C)O. The molecule has 11 nitrogen and oxygen atoms in total. The Morgan fingerprint density at radius 3 is 1.97 bits per heavy atom. The van der Waals surface area contributed by atoms with E-state index in [1.165, 1.54) is 6.92 Å². The first kappa shape index (κ1) is 28.0. The summed E-state index contributed by atoms with van der Waals surface area (Å²) in [6.07, 6.45) is -0.893. The number of carbonyl (C=O) groups excluding carboxylic acids is 3. The number of benzene rings is 1. The zero-order chi connectivity index (χ0) is 25.1. The zero-order valence-electron chi connectivity index (χ0n) is 19.0. The molecule has 11 heteroatoms. The predicted octanol–water partition coefficient (Wildman–Crippen LogP) is -1.49. The third kappa shape index (κ3) is 9.56. The van der Waals surface area contributed by atoms with Crippen molar-refractivity contribution >= 4 is 23.7 Å². The Kier molecular flexibility index (Phi) is 11.5. The van der Waals surface area contributed by atoms with Crippen molar-refractivity contribution in [1.82, 2.24) is 16.0 Å². The van der Waals surface area contributed by atoms with Crippen LogP contribution in [0.1, 0.15) is 32.8 Å². The number of amides is 3. The summed E-state index contributed by atoms with van der Waals surface area (Å²) in [5.74, 6) is -3.62. The fourth-order valence-corrected chi connectivity index (χ4v) is 3.06. The number of nitrogens with one attached hydrogen (secondary N) is 3. The molecule has 0 aliphatic carbocycles. The van der Waals surface area contributed by atoms with Gasteiger partial charge in [-0.3, -0.25) is 14.4 Å². The number of hydrogen-bond acceptors (Lipinski definition) is 7. The van der Waals surface area contributed by atoms with Crippen LogP contribution in [0.2, 0.25) is 0 Å². The van der Waals surface area contributed by atoms with Crippen LogP contribution in [-0.2, 0) is 25.6 Å². The number of aliphatic hydroxyl groups is 2. The number of aliphatic carboxylic acids is 1. The smallest absolute Gasteiger partial charge is 0.328 e. The van der Waals surface area contributed by atoms with Crippen LogP contribution >= 0.6 is 0 Å². The minimum absolute atomic E-state index is 0.0926. The van der Waals surface area contributed by atoms with Crippen molar-refractivity contribution in [2.24, 2.45) is 11.7 Å². The van der Waals surface area contributed by atoms with Gasteiger partial charge in [-0.15, -0.1) is 0 Å². The molecule has 0 spiro atoms. The number of carboxylic acid groups (broad SMARTS) is 1. The molecule has 0 bridgehead atoms. The maximum Gasteiger partial charge on any atom is 0.328 e. The Balaban J connectivity index is 3.04. The fraction of sp³-hybridized carbons (Fsp3) is 0.545. The Hall–Kier alpha value is -3.02. The first-order chi connectivity index (χ1) is 15.5. The van der Waals surface area contributed by atoms with E-state index in [0.717, 1.165) is 5.56 Å². The summed E-state index contributed by atoms with van der Waals surface area (Å²) in [5.41, 5.74) is 6.66. The van der Waals surface area contributed by atoms with Gasteiger partial charge in [0.1, 0.15) is 18.1 Å². The third-order valence-corrected chi connectivity index (χ3v) is 4.84. The van der Waals surface area contributed by atoms with E-state index in [1.54, 1.807) is 30.3 Å². The van der Waals surface area contributed by atoms with Gasteiger partial charge in [-0.05, 0) is 24.8 Å². The molecular weight excluding hydrogens is 432 g/mol. The van der Waals surface area contributed by atoms with Gasteiger partial charge in [0, 0.05) is 6.42 Å². The summed E-state index contributed by atoms with van der Waals surface area (Å²) in [4.78, 5) is 49.1. The van der Waals surface area contributed by atoms with Crippen molar-refractivity contribution in [1.29, 1.82) is 0 Å². The summed E-state index contributed by atoms with van der Waals surface area (Å²) in [6, 6.07) is 3.77. The summed E-state index contributed by atoms with van der Waals surface area (Å²) in [7, 11) is 0. The van der Waals surface area contributed by atoms with E-state index >= 15 is 0 Å². The molecule has 3 amide bonds. The Labute approximate surface area is 192 Å². The average molecular weight is 467 g/mol. The van der Waals surface area contributed by atoms with Crippen LogP contribution in [0.15, 0.2) is 30.3 Å². The van der Waals surface area contributed by atoms with Crippen molar-refractivity contribution in [3.63, 3.8) is 0 Å². The molecule has 0 aromatic heterocycles. The van der Waals surface area contributed by atoms with Crippen molar-refractivity contribution in [2.45, 2.75) is 63.9 Å². The van der Waals surface area contributed by atoms with E-state index in [2.05, 4.69) is 16.0 Å². The molecule has 5 unspecified atom stereocenters. The van der Waals surface area contributed by atoms with Crippen LogP contribution in [0.5, 0.6) is 0 Å². The van der Waals surface area contributed by atoms with Crippen molar-refractivity contribution in [3.8, 4) is 0 Å². The molecule has 0 radical (unpaired) electrons. The van der Waals surface area contributed by atoms with Gasteiger partial charge < -0.3 is 37.0 Å². The average Bonchev–Trinajstić information content (AvgIpc) is 2.74. The van der Waals surface area contributed by atoms with E-state index in [4.69, 9.17) is 15.9 Å². The molecule has 1 aromatic rings. The van der Waals surface area contributed by atoms with E-state index in [9.17, 15) is 24.3 Å². The van der Waals surface area contributed by atoms with Crippen molar-refractivity contribution in [2.75, 3.05) is 6.61 Å². The van der Waals surface area contributed by atoms with Crippen LogP contribution in [0, 0.1) is 5.92 Å². The van der Waals surface area contributed by atoms with Crippen molar-refractivity contribution < 1.29 is 34.5 Å². The number of carbonyl (C=O) groups is 4. The lowest BCUT2D eigenvalue weighted by Crippen LogP contribution is -2.60. The third-order valence-electron chi connectivity index (χ3n) is 4.84. The van der Waals surface area contributed by atoms with Gasteiger partial charge >= 0.3 is 5.97 Å². The number of carboxylic acids is 1. The van der Waals surface area contributed by atoms with Crippen LogP contribution in [0.3, 0.4) is 0 Å². The molecule has 5 atom stereocenters. The maximum absolute atomic E-state index is 13.0. The zero-order valence-corrected chi connectivity index (χ0v) is 19.0. The maximum atomic E-state index is 13.0. The molecule has 0 aliphatic heterocycles. The van der Waals surface area contributed by atoms with Gasteiger partial charge in [-0.2, -0.15) is 0 Å². The highest BCUT2D eigenvalue weighted by Crippen LogP contribution is 2.07. The molecule has 0 fully saturated rings. The van der Waals surface area contributed by atoms with Crippen molar-refractivity contribution in [3.05, 3.63) is 35.9 Å². The molecule has 0 heterocycles. The molecule has 8 N–H and O–H groups in total. The number of rotatable bonds is 13. The molecular formula is C22H34N4O7. The van der Waals surface area contributed by atoms with Gasteiger partial charge in [0.25, 0.3) is 0 Å². The van der Waals surface area contributed by atoms with Crippen LogP contribution < -0.4 is 21.7 Å². The Morgan fingerprint density at radius 2 is 1.48 bits per heavy atom. The summed E-state index contributed by atoms with van der Waals surface area (Å²) in [5, 5.41) is 35.1. The Morgan fingerprint density at radius 1 is 0.909 bits per heavy atom. The van der Waals surface area contributed by atoms with E-state index in [0.29, 0.717) is 6.42 Å². The van der Waals surface area contributed by atoms with Gasteiger partial charge in [0.05, 0.1) is 18.8 Å². The van der Waals surface area contributed by atoms with Crippen LogP contribution in [0.25, 0.3) is 0 Å². The van der Waals surface area contributed by atoms with E-state index in [1.807, 2.05) is 13.8 Å². The van der Waals surface area contributed by atoms with E-state index in [-0.39, 0.29) is 12.3 Å². The molecule has 33 heavy (non-hydrogen) atoms. The molecule has 0 saturated carbocycles. The fourth-order valence-electron chi connectivity index (χ4n) is 3.06. The van der Waals surface area contributed by atoms with Crippen LogP contribution in [-0.4, -0.2) is 75.9 Å². The lowest BCUT2D eigenvalue weighted by molar-refractivity contribution is -0.144. The second kappa shape index (κ2) is 13.5. The topological polar surface area (TPSA) is 191 Å². The van der Waals surface area contributed by atoms with Crippen LogP contribution in [0.4, 0.5) is 0 Å². The number of nitrogens with two attached hydrogens (primary N) is 1. The summed E-state index contributed by atoms with van der Waals surface area (Å²) in [6.45, 7) is 4.18. The number of aliphatic hydroxyl groups excluding tert-OH is 2. The van der Waals surface area contributed by atoms with E-state index < -0.39 is 60.6 Å². The quantitative estimate of drug-likeness (QED) is 0.183. The summed E-state index contributed by atoms with van der Waals surface area (Å²) < 4.78 is 0. The highest BCUT2D eigenvalue weighted by Gasteiger charge is 2.32. The highest BCUT2D eigenvalue weighted by molar-refractivity contribution is 5.94. The van der Waals surface area contributed by atoms with Gasteiger partial charge in [0.15, 0.2) is 0 Å².